The van der Waals surface area contributed by atoms with Gasteiger partial charge in [0.05, 0.1) is 0 Å². The Morgan fingerprint density at radius 1 is 1.29 bits per heavy atom. The predicted octanol–water partition coefficient (Wildman–Crippen LogP) is 3.84. The summed E-state index contributed by atoms with van der Waals surface area (Å²) in [6.07, 6.45) is 2.39. The minimum Gasteiger partial charge on any atom is -0.310 e. The third kappa shape index (κ3) is 2.54. The maximum Gasteiger partial charge on any atom is 0.0468 e. The summed E-state index contributed by atoms with van der Waals surface area (Å²) in [4.78, 5) is 0. The van der Waals surface area contributed by atoms with Crippen molar-refractivity contribution < 1.29 is 0 Å². The maximum atomic E-state index is 6.09. The molecule has 2 rings (SSSR count). The highest BCUT2D eigenvalue weighted by atomic mass is 35.5. The summed E-state index contributed by atoms with van der Waals surface area (Å²) in [6, 6.07) is 6.12. The van der Waals surface area contributed by atoms with Crippen LogP contribution in [0.1, 0.15) is 24.4 Å². The quantitative estimate of drug-likeness (QED) is 0.801. The summed E-state index contributed by atoms with van der Waals surface area (Å²) in [5.41, 5.74) is 1.17. The minimum absolute atomic E-state index is 0. The van der Waals surface area contributed by atoms with E-state index in [9.17, 15) is 0 Å². The summed E-state index contributed by atoms with van der Waals surface area (Å²) in [7, 11) is 0. The molecule has 1 atom stereocenters. The highest BCUT2D eigenvalue weighted by Crippen LogP contribution is 2.30. The first-order valence-electron chi connectivity index (χ1n) is 4.46. The highest BCUT2D eigenvalue weighted by molar-refractivity contribution is 6.35. The van der Waals surface area contributed by atoms with Crippen molar-refractivity contribution >= 4 is 35.6 Å². The monoisotopic (exact) mass is 251 g/mol. The van der Waals surface area contributed by atoms with Gasteiger partial charge in [-0.05, 0) is 37.1 Å². The Morgan fingerprint density at radius 2 is 2.07 bits per heavy atom. The van der Waals surface area contributed by atoms with Gasteiger partial charge in [0.15, 0.2) is 0 Å². The zero-order valence-corrected chi connectivity index (χ0v) is 9.92. The summed E-state index contributed by atoms with van der Waals surface area (Å²) >= 11 is 11.9. The number of rotatable bonds is 1. The van der Waals surface area contributed by atoms with Crippen LogP contribution >= 0.6 is 35.6 Å². The molecule has 4 heteroatoms. The molecule has 0 spiro atoms. The average molecular weight is 253 g/mol. The molecule has 0 bridgehead atoms. The molecule has 1 nitrogen and oxygen atoms in total. The van der Waals surface area contributed by atoms with E-state index in [0.29, 0.717) is 11.1 Å². The molecular weight excluding hydrogens is 240 g/mol. The molecule has 0 radical (unpaired) electrons. The van der Waals surface area contributed by atoms with Gasteiger partial charge in [-0.2, -0.15) is 0 Å². The van der Waals surface area contributed by atoms with Gasteiger partial charge in [-0.15, -0.1) is 12.4 Å². The normalized spacial score (nSPS) is 20.6. The zero-order chi connectivity index (χ0) is 9.26. The standard InChI is InChI=1S/C10H11Cl2N.ClH/c11-7-3-4-8(9(12)6-7)10-2-1-5-13-10;/h3-4,6,10,13H,1-2,5H2;1H/t10-;/m1./s1. The Balaban J connectivity index is 0.000000980. The van der Waals surface area contributed by atoms with Gasteiger partial charge in [0.2, 0.25) is 0 Å². The van der Waals surface area contributed by atoms with E-state index in [-0.39, 0.29) is 12.4 Å². The van der Waals surface area contributed by atoms with E-state index in [1.54, 1.807) is 6.07 Å². The van der Waals surface area contributed by atoms with Crippen LogP contribution in [0.4, 0.5) is 0 Å². The lowest BCUT2D eigenvalue weighted by Crippen LogP contribution is -2.13. The SMILES string of the molecule is Cl.Clc1ccc([C@H]2CCCN2)c(Cl)c1. The van der Waals surface area contributed by atoms with Gasteiger partial charge in [-0.1, -0.05) is 29.3 Å². The molecule has 0 aromatic heterocycles. The van der Waals surface area contributed by atoms with Crippen LogP contribution in [-0.4, -0.2) is 6.54 Å². The molecule has 0 aliphatic carbocycles. The third-order valence-corrected chi connectivity index (χ3v) is 2.96. The van der Waals surface area contributed by atoms with Crippen LogP contribution in [-0.2, 0) is 0 Å². The van der Waals surface area contributed by atoms with Gasteiger partial charge in [0.1, 0.15) is 0 Å². The minimum atomic E-state index is 0. The molecule has 78 valence electrons. The van der Waals surface area contributed by atoms with Crippen molar-refractivity contribution in [3.8, 4) is 0 Å². The largest absolute Gasteiger partial charge is 0.310 e. The first kappa shape index (κ1) is 12.1. The molecule has 1 aliphatic rings. The van der Waals surface area contributed by atoms with Crippen molar-refractivity contribution in [2.75, 3.05) is 6.54 Å². The number of nitrogens with one attached hydrogen (secondary N) is 1. The van der Waals surface area contributed by atoms with Gasteiger partial charge < -0.3 is 5.32 Å². The van der Waals surface area contributed by atoms with Crippen LogP contribution in [0, 0.1) is 0 Å². The van der Waals surface area contributed by atoms with E-state index in [4.69, 9.17) is 23.2 Å². The molecular formula is C10H12Cl3N. The Kier molecular flexibility index (Phi) is 4.52. The fraction of sp³-hybridized carbons (Fsp3) is 0.400. The fourth-order valence-electron chi connectivity index (χ4n) is 1.73. The number of halogens is 3. The van der Waals surface area contributed by atoms with Crippen molar-refractivity contribution in [3.63, 3.8) is 0 Å². The van der Waals surface area contributed by atoms with Crippen LogP contribution in [0.5, 0.6) is 0 Å². The van der Waals surface area contributed by atoms with Crippen LogP contribution in [0.2, 0.25) is 10.0 Å². The Hall–Kier alpha value is 0.0500. The van der Waals surface area contributed by atoms with Gasteiger partial charge in [-0.3, -0.25) is 0 Å². The molecule has 1 N–H and O–H groups in total. The van der Waals surface area contributed by atoms with E-state index < -0.39 is 0 Å². The van der Waals surface area contributed by atoms with Crippen LogP contribution < -0.4 is 5.32 Å². The maximum absolute atomic E-state index is 6.09. The third-order valence-electron chi connectivity index (χ3n) is 2.40. The summed E-state index contributed by atoms with van der Waals surface area (Å²) in [5, 5.41) is 4.88. The van der Waals surface area contributed by atoms with E-state index in [2.05, 4.69) is 5.32 Å². The molecule has 0 amide bonds. The average Bonchev–Trinajstić information content (AvgIpc) is 2.56. The zero-order valence-electron chi connectivity index (χ0n) is 7.59. The lowest BCUT2D eigenvalue weighted by molar-refractivity contribution is 0.648. The van der Waals surface area contributed by atoms with Crippen LogP contribution in [0.25, 0.3) is 0 Å². The van der Waals surface area contributed by atoms with Gasteiger partial charge in [0, 0.05) is 16.1 Å². The molecule has 0 unspecified atom stereocenters. The first-order chi connectivity index (χ1) is 6.27. The highest BCUT2D eigenvalue weighted by Gasteiger charge is 2.18. The van der Waals surface area contributed by atoms with E-state index in [1.165, 1.54) is 18.4 Å². The molecule has 1 saturated heterocycles. The van der Waals surface area contributed by atoms with Gasteiger partial charge in [0.25, 0.3) is 0 Å². The summed E-state index contributed by atoms with van der Waals surface area (Å²) < 4.78 is 0. The lowest BCUT2D eigenvalue weighted by atomic mass is 10.1. The fourth-order valence-corrected chi connectivity index (χ4v) is 2.27. The second kappa shape index (κ2) is 5.22. The smallest absolute Gasteiger partial charge is 0.0468 e. The van der Waals surface area contributed by atoms with E-state index >= 15 is 0 Å². The number of benzene rings is 1. The molecule has 1 aromatic carbocycles. The summed E-state index contributed by atoms with van der Waals surface area (Å²) in [5.74, 6) is 0. The molecule has 1 heterocycles. The van der Waals surface area contributed by atoms with E-state index in [1.807, 2.05) is 12.1 Å². The lowest BCUT2D eigenvalue weighted by Gasteiger charge is -2.12. The van der Waals surface area contributed by atoms with Crippen molar-refractivity contribution in [1.29, 1.82) is 0 Å². The van der Waals surface area contributed by atoms with Crippen molar-refractivity contribution in [2.45, 2.75) is 18.9 Å². The van der Waals surface area contributed by atoms with Crippen molar-refractivity contribution in [1.82, 2.24) is 5.32 Å². The number of hydrogen-bond donors (Lipinski definition) is 1. The second-order valence-electron chi connectivity index (χ2n) is 3.31. The Morgan fingerprint density at radius 3 is 2.64 bits per heavy atom. The predicted molar refractivity (Wildman–Crippen MR) is 63.7 cm³/mol. The number of hydrogen-bond acceptors (Lipinski definition) is 1. The molecule has 1 aromatic rings. The Bertz CT molecular complexity index is 308. The van der Waals surface area contributed by atoms with Crippen LogP contribution in [0.15, 0.2) is 18.2 Å². The van der Waals surface area contributed by atoms with Crippen LogP contribution in [0.3, 0.4) is 0 Å². The Labute approximate surface area is 100 Å². The van der Waals surface area contributed by atoms with Gasteiger partial charge in [-0.25, -0.2) is 0 Å². The summed E-state index contributed by atoms with van der Waals surface area (Å²) in [6.45, 7) is 1.09. The molecule has 1 fully saturated rings. The van der Waals surface area contributed by atoms with Crippen molar-refractivity contribution in [3.05, 3.63) is 33.8 Å². The van der Waals surface area contributed by atoms with E-state index in [0.717, 1.165) is 11.6 Å². The first-order valence-corrected chi connectivity index (χ1v) is 5.21. The molecule has 0 saturated carbocycles. The molecule has 14 heavy (non-hydrogen) atoms. The van der Waals surface area contributed by atoms with Gasteiger partial charge >= 0.3 is 0 Å². The second-order valence-corrected chi connectivity index (χ2v) is 4.16. The molecule has 1 aliphatic heterocycles. The topological polar surface area (TPSA) is 12.0 Å². The van der Waals surface area contributed by atoms with Crippen molar-refractivity contribution in [2.24, 2.45) is 0 Å².